The van der Waals surface area contributed by atoms with Crippen LogP contribution in [0.25, 0.3) is 0 Å². The molecule has 0 saturated carbocycles. The van der Waals surface area contributed by atoms with E-state index >= 15 is 0 Å². The minimum absolute atomic E-state index is 0.0259. The second-order valence-electron chi connectivity index (χ2n) is 5.79. The highest BCUT2D eigenvalue weighted by atomic mass is 32.1. The number of para-hydroxylation sites is 1. The Morgan fingerprint density at radius 1 is 1.04 bits per heavy atom. The molecule has 5 nitrogen and oxygen atoms in total. The van der Waals surface area contributed by atoms with Gasteiger partial charge < -0.3 is 14.2 Å². The number of halogens is 2. The Kier molecular flexibility index (Phi) is 6.20. The molecule has 1 heterocycles. The first-order valence-corrected chi connectivity index (χ1v) is 9.16. The molecule has 3 aromatic rings. The first-order valence-electron chi connectivity index (χ1n) is 8.28. The predicted octanol–water partition coefficient (Wildman–Crippen LogP) is 4.59. The molecular formula is C20H17F2NO4S. The molecule has 28 heavy (non-hydrogen) atoms. The van der Waals surface area contributed by atoms with Crippen LogP contribution in [-0.2, 0) is 17.6 Å². The van der Waals surface area contributed by atoms with Gasteiger partial charge in [-0.15, -0.1) is 11.3 Å². The van der Waals surface area contributed by atoms with Gasteiger partial charge in [-0.1, -0.05) is 6.07 Å². The molecular weight excluding hydrogens is 388 g/mol. The van der Waals surface area contributed by atoms with Crippen LogP contribution >= 0.6 is 11.3 Å². The monoisotopic (exact) mass is 405 g/mol. The number of Topliss-reactive ketones (excluding diaryl/α,β-unsaturated/α-hetero) is 1. The molecule has 0 radical (unpaired) electrons. The molecule has 1 aromatic heterocycles. The lowest BCUT2D eigenvalue weighted by atomic mass is 10.1. The third-order valence-corrected chi connectivity index (χ3v) is 4.69. The SMILES string of the molecule is COc1cccc(Oc2cc(F)c(F)cc2CC(=O)Cc2nccs2)c1OC. The summed E-state index contributed by atoms with van der Waals surface area (Å²) >= 11 is 1.36. The zero-order chi connectivity index (χ0) is 20.1. The number of ether oxygens (including phenoxy) is 3. The molecule has 0 aliphatic carbocycles. The summed E-state index contributed by atoms with van der Waals surface area (Å²) in [6, 6.07) is 6.83. The van der Waals surface area contributed by atoms with Gasteiger partial charge in [0, 0.05) is 29.6 Å². The molecule has 0 fully saturated rings. The number of ketones is 1. The van der Waals surface area contributed by atoms with Crippen molar-refractivity contribution >= 4 is 17.1 Å². The zero-order valence-corrected chi connectivity index (χ0v) is 16.0. The fourth-order valence-corrected chi connectivity index (χ4v) is 3.29. The standard InChI is InChI=1S/C20H17F2NO4S/c1-25-16-4-3-5-17(20(16)26-2)27-18-11-15(22)14(21)9-12(18)8-13(24)10-19-23-6-7-28-19/h3-7,9,11H,8,10H2,1-2H3. The molecule has 0 bridgehead atoms. The number of hydrogen-bond acceptors (Lipinski definition) is 6. The highest BCUT2D eigenvalue weighted by Gasteiger charge is 2.18. The number of thiazole rings is 1. The number of carbonyl (C=O) groups is 1. The quantitative estimate of drug-likeness (QED) is 0.549. The lowest BCUT2D eigenvalue weighted by molar-refractivity contribution is -0.117. The first-order chi connectivity index (χ1) is 13.5. The van der Waals surface area contributed by atoms with E-state index in [2.05, 4.69) is 4.98 Å². The normalized spacial score (nSPS) is 10.6. The van der Waals surface area contributed by atoms with Crippen LogP contribution in [0, 0.1) is 11.6 Å². The molecule has 2 aromatic carbocycles. The smallest absolute Gasteiger partial charge is 0.203 e. The summed E-state index contributed by atoms with van der Waals surface area (Å²) in [5.74, 6) is -1.32. The third-order valence-electron chi connectivity index (χ3n) is 3.91. The van der Waals surface area contributed by atoms with Crippen LogP contribution in [0.2, 0.25) is 0 Å². The summed E-state index contributed by atoms with van der Waals surface area (Å²) in [6.07, 6.45) is 1.59. The van der Waals surface area contributed by atoms with Gasteiger partial charge in [-0.05, 0) is 18.2 Å². The number of methoxy groups -OCH3 is 2. The van der Waals surface area contributed by atoms with Crippen molar-refractivity contribution in [2.75, 3.05) is 14.2 Å². The topological polar surface area (TPSA) is 57.7 Å². The van der Waals surface area contributed by atoms with Crippen molar-refractivity contribution in [3.05, 3.63) is 64.1 Å². The molecule has 0 saturated heterocycles. The van der Waals surface area contributed by atoms with E-state index in [1.54, 1.807) is 29.8 Å². The molecule has 0 aliphatic heterocycles. The van der Waals surface area contributed by atoms with Gasteiger partial charge in [0.05, 0.1) is 25.6 Å². The fraction of sp³-hybridized carbons (Fsp3) is 0.200. The van der Waals surface area contributed by atoms with Crippen LogP contribution in [0.1, 0.15) is 10.6 Å². The lowest BCUT2D eigenvalue weighted by Gasteiger charge is -2.15. The van der Waals surface area contributed by atoms with E-state index in [-0.39, 0.29) is 35.7 Å². The molecule has 3 rings (SSSR count). The van der Waals surface area contributed by atoms with Gasteiger partial charge in [0.25, 0.3) is 0 Å². The Labute approximate surface area is 164 Å². The van der Waals surface area contributed by atoms with Crippen molar-refractivity contribution in [3.63, 3.8) is 0 Å². The number of rotatable bonds is 8. The molecule has 0 spiro atoms. The summed E-state index contributed by atoms with van der Waals surface area (Å²) in [6.45, 7) is 0. The molecule has 146 valence electrons. The van der Waals surface area contributed by atoms with E-state index in [0.717, 1.165) is 12.1 Å². The first kappa shape index (κ1) is 19.8. The van der Waals surface area contributed by atoms with Crippen LogP contribution in [0.4, 0.5) is 8.78 Å². The van der Waals surface area contributed by atoms with E-state index in [1.807, 2.05) is 0 Å². The van der Waals surface area contributed by atoms with Crippen molar-refractivity contribution in [1.82, 2.24) is 4.98 Å². The summed E-state index contributed by atoms with van der Waals surface area (Å²) in [5.41, 5.74) is 0.227. The average Bonchev–Trinajstić information content (AvgIpc) is 3.18. The zero-order valence-electron chi connectivity index (χ0n) is 15.2. The summed E-state index contributed by atoms with van der Waals surface area (Å²) in [5, 5.41) is 2.42. The van der Waals surface area contributed by atoms with Crippen molar-refractivity contribution < 1.29 is 27.8 Å². The maximum absolute atomic E-state index is 13.8. The Morgan fingerprint density at radius 2 is 1.79 bits per heavy atom. The highest BCUT2D eigenvalue weighted by molar-refractivity contribution is 7.09. The van der Waals surface area contributed by atoms with Gasteiger partial charge in [0.2, 0.25) is 5.75 Å². The van der Waals surface area contributed by atoms with Gasteiger partial charge in [0.1, 0.15) is 11.5 Å². The Bertz CT molecular complexity index is 977. The summed E-state index contributed by atoms with van der Waals surface area (Å²) < 4.78 is 43.9. The van der Waals surface area contributed by atoms with Gasteiger partial charge >= 0.3 is 0 Å². The lowest BCUT2D eigenvalue weighted by Crippen LogP contribution is -2.08. The van der Waals surface area contributed by atoms with Crippen LogP contribution in [0.5, 0.6) is 23.0 Å². The Hall–Kier alpha value is -3.00. The van der Waals surface area contributed by atoms with Crippen LogP contribution in [0.15, 0.2) is 41.9 Å². The maximum Gasteiger partial charge on any atom is 0.203 e. The van der Waals surface area contributed by atoms with E-state index in [9.17, 15) is 13.6 Å². The average molecular weight is 405 g/mol. The Morgan fingerprint density at radius 3 is 2.46 bits per heavy atom. The molecule has 0 amide bonds. The number of carbonyl (C=O) groups excluding carboxylic acids is 1. The molecule has 0 aliphatic rings. The highest BCUT2D eigenvalue weighted by Crippen LogP contribution is 2.40. The van der Waals surface area contributed by atoms with E-state index in [4.69, 9.17) is 14.2 Å². The third kappa shape index (κ3) is 4.45. The van der Waals surface area contributed by atoms with Gasteiger partial charge in [-0.3, -0.25) is 4.79 Å². The number of hydrogen-bond donors (Lipinski definition) is 0. The van der Waals surface area contributed by atoms with Crippen LogP contribution in [-0.4, -0.2) is 25.0 Å². The predicted molar refractivity (Wildman–Crippen MR) is 101 cm³/mol. The Balaban J connectivity index is 1.90. The van der Waals surface area contributed by atoms with Crippen molar-refractivity contribution in [3.8, 4) is 23.0 Å². The van der Waals surface area contributed by atoms with Gasteiger partial charge in [-0.2, -0.15) is 0 Å². The largest absolute Gasteiger partial charge is 0.493 e. The fourth-order valence-electron chi connectivity index (χ4n) is 2.64. The van der Waals surface area contributed by atoms with Crippen LogP contribution in [0.3, 0.4) is 0 Å². The number of nitrogens with zero attached hydrogens (tertiary/aromatic N) is 1. The van der Waals surface area contributed by atoms with Gasteiger partial charge in [-0.25, -0.2) is 13.8 Å². The number of benzene rings is 2. The second-order valence-corrected chi connectivity index (χ2v) is 6.76. The molecule has 8 heteroatoms. The summed E-state index contributed by atoms with van der Waals surface area (Å²) in [4.78, 5) is 16.4. The van der Waals surface area contributed by atoms with Crippen LogP contribution < -0.4 is 14.2 Å². The molecule has 0 unspecified atom stereocenters. The molecule has 0 atom stereocenters. The number of aromatic nitrogens is 1. The van der Waals surface area contributed by atoms with Crippen molar-refractivity contribution in [1.29, 1.82) is 0 Å². The van der Waals surface area contributed by atoms with E-state index in [1.165, 1.54) is 25.6 Å². The van der Waals surface area contributed by atoms with Gasteiger partial charge in [0.15, 0.2) is 23.1 Å². The van der Waals surface area contributed by atoms with Crippen molar-refractivity contribution in [2.24, 2.45) is 0 Å². The van der Waals surface area contributed by atoms with E-state index < -0.39 is 11.6 Å². The minimum atomic E-state index is -1.08. The summed E-state index contributed by atoms with van der Waals surface area (Å²) in [7, 11) is 2.91. The second kappa shape index (κ2) is 8.79. The van der Waals surface area contributed by atoms with Crippen molar-refractivity contribution in [2.45, 2.75) is 12.8 Å². The minimum Gasteiger partial charge on any atom is -0.493 e. The maximum atomic E-state index is 13.8. The molecule has 0 N–H and O–H groups in total. The van der Waals surface area contributed by atoms with E-state index in [0.29, 0.717) is 16.5 Å².